The highest BCUT2D eigenvalue weighted by Crippen LogP contribution is 2.34. The van der Waals surface area contributed by atoms with Crippen LogP contribution in [0, 0.1) is 11.8 Å². The van der Waals surface area contributed by atoms with Crippen LogP contribution in [0.4, 0.5) is 5.82 Å². The molecule has 0 spiro atoms. The van der Waals surface area contributed by atoms with Gasteiger partial charge in [0.2, 0.25) is 0 Å². The van der Waals surface area contributed by atoms with Gasteiger partial charge >= 0.3 is 0 Å². The number of thiocarbonyl (C=S) groups is 1. The lowest BCUT2D eigenvalue weighted by atomic mass is 9.91. The fourth-order valence-electron chi connectivity index (χ4n) is 4.20. The van der Waals surface area contributed by atoms with Crippen molar-refractivity contribution >= 4 is 51.7 Å². The van der Waals surface area contributed by atoms with Gasteiger partial charge in [0, 0.05) is 25.8 Å². The number of thioether (sulfide) groups is 1. The average Bonchev–Trinajstić information content (AvgIpc) is 2.95. The molecule has 0 bridgehead atoms. The van der Waals surface area contributed by atoms with Crippen molar-refractivity contribution < 1.29 is 4.79 Å². The van der Waals surface area contributed by atoms with Crippen LogP contribution in [-0.4, -0.2) is 44.1 Å². The van der Waals surface area contributed by atoms with Crippen LogP contribution in [0.1, 0.15) is 32.8 Å². The Morgan fingerprint density at radius 3 is 2.62 bits per heavy atom. The normalized spacial score (nSPS) is 24.2. The zero-order valence-corrected chi connectivity index (χ0v) is 18.4. The number of amides is 1. The van der Waals surface area contributed by atoms with Gasteiger partial charge in [-0.1, -0.05) is 43.9 Å². The van der Waals surface area contributed by atoms with Gasteiger partial charge in [-0.2, -0.15) is 0 Å². The van der Waals surface area contributed by atoms with Crippen molar-refractivity contribution in [1.82, 2.24) is 14.3 Å². The van der Waals surface area contributed by atoms with Crippen LogP contribution in [0.2, 0.25) is 0 Å². The molecule has 29 heavy (non-hydrogen) atoms. The summed E-state index contributed by atoms with van der Waals surface area (Å²) in [5, 5.41) is 0. The summed E-state index contributed by atoms with van der Waals surface area (Å²) < 4.78 is 2.06. The summed E-state index contributed by atoms with van der Waals surface area (Å²) in [6, 6.07) is 5.52. The maximum Gasteiger partial charge on any atom is 0.267 e. The van der Waals surface area contributed by atoms with Crippen molar-refractivity contribution in [2.24, 2.45) is 11.8 Å². The van der Waals surface area contributed by atoms with Gasteiger partial charge in [-0.25, -0.2) is 4.98 Å². The second kappa shape index (κ2) is 7.91. The Bertz CT molecular complexity index is 1070. The van der Waals surface area contributed by atoms with Gasteiger partial charge in [0.15, 0.2) is 0 Å². The lowest BCUT2D eigenvalue weighted by molar-refractivity contribution is -0.121. The quantitative estimate of drug-likeness (QED) is 0.552. The van der Waals surface area contributed by atoms with Crippen LogP contribution >= 0.6 is 24.0 Å². The van der Waals surface area contributed by atoms with Crippen molar-refractivity contribution in [3.05, 3.63) is 45.2 Å². The molecule has 4 rings (SSSR count). The fraction of sp³-hybridized carbons (Fsp3) is 0.429. The SMILES string of the molecule is CCN1C(=O)/C(=C\c2c(N3C[C@@H](C)C[C@H](C)C3)nc3ccccn3c2=O)SC1=S. The summed E-state index contributed by atoms with van der Waals surface area (Å²) in [6.45, 7) is 8.55. The summed E-state index contributed by atoms with van der Waals surface area (Å²) in [5.41, 5.74) is 0.890. The van der Waals surface area contributed by atoms with E-state index in [1.54, 1.807) is 23.2 Å². The van der Waals surface area contributed by atoms with Gasteiger partial charge in [0.25, 0.3) is 11.5 Å². The van der Waals surface area contributed by atoms with Crippen LogP contribution in [0.15, 0.2) is 34.1 Å². The Kier molecular flexibility index (Phi) is 5.48. The maximum atomic E-state index is 13.4. The first kappa shape index (κ1) is 20.1. The van der Waals surface area contributed by atoms with Gasteiger partial charge in [-0.05, 0) is 43.4 Å². The lowest BCUT2D eigenvalue weighted by Crippen LogP contribution is -2.40. The number of hydrogen-bond donors (Lipinski definition) is 0. The molecule has 2 aromatic rings. The van der Waals surface area contributed by atoms with Crippen LogP contribution in [-0.2, 0) is 4.79 Å². The molecule has 0 unspecified atom stereocenters. The molecule has 2 saturated heterocycles. The molecule has 8 heteroatoms. The first-order valence-corrected chi connectivity index (χ1v) is 11.1. The monoisotopic (exact) mass is 428 g/mol. The van der Waals surface area contributed by atoms with E-state index in [1.165, 1.54) is 16.2 Å². The van der Waals surface area contributed by atoms with E-state index in [2.05, 4.69) is 18.7 Å². The third-order valence-electron chi connectivity index (χ3n) is 5.38. The molecule has 2 atom stereocenters. The van der Waals surface area contributed by atoms with Crippen LogP contribution in [0.3, 0.4) is 0 Å². The van der Waals surface area contributed by atoms with E-state index in [1.807, 2.05) is 19.1 Å². The zero-order chi connectivity index (χ0) is 20.7. The summed E-state index contributed by atoms with van der Waals surface area (Å²) in [6.07, 6.45) is 4.56. The Balaban J connectivity index is 1.89. The molecule has 152 valence electrons. The fourth-order valence-corrected chi connectivity index (χ4v) is 5.56. The van der Waals surface area contributed by atoms with Gasteiger partial charge in [0.1, 0.15) is 15.8 Å². The Hall–Kier alpha value is -2.19. The third-order valence-corrected chi connectivity index (χ3v) is 6.76. The predicted octanol–water partition coefficient (Wildman–Crippen LogP) is 3.40. The van der Waals surface area contributed by atoms with E-state index in [0.29, 0.717) is 44.6 Å². The lowest BCUT2D eigenvalue weighted by Gasteiger charge is -2.36. The van der Waals surface area contributed by atoms with Crippen LogP contribution in [0.25, 0.3) is 11.7 Å². The summed E-state index contributed by atoms with van der Waals surface area (Å²) in [4.78, 5) is 35.2. The van der Waals surface area contributed by atoms with E-state index in [0.717, 1.165) is 19.5 Å². The Morgan fingerprint density at radius 2 is 1.97 bits per heavy atom. The molecule has 0 aliphatic carbocycles. The highest BCUT2D eigenvalue weighted by molar-refractivity contribution is 8.26. The minimum absolute atomic E-state index is 0.147. The van der Waals surface area contributed by atoms with E-state index in [9.17, 15) is 9.59 Å². The number of aromatic nitrogens is 2. The van der Waals surface area contributed by atoms with Crippen molar-refractivity contribution in [2.75, 3.05) is 24.5 Å². The number of nitrogens with zero attached hydrogens (tertiary/aromatic N) is 4. The average molecular weight is 429 g/mol. The topological polar surface area (TPSA) is 57.9 Å². The molecule has 2 aromatic heterocycles. The molecule has 0 N–H and O–H groups in total. The molecule has 6 nitrogen and oxygen atoms in total. The summed E-state index contributed by atoms with van der Waals surface area (Å²) in [5.74, 6) is 1.54. The van der Waals surface area contributed by atoms with E-state index in [4.69, 9.17) is 17.2 Å². The minimum atomic E-state index is -0.168. The minimum Gasteiger partial charge on any atom is -0.355 e. The van der Waals surface area contributed by atoms with E-state index in [-0.39, 0.29) is 11.5 Å². The summed E-state index contributed by atoms with van der Waals surface area (Å²) >= 11 is 6.57. The van der Waals surface area contributed by atoms with Gasteiger partial charge < -0.3 is 4.90 Å². The number of piperidine rings is 1. The van der Waals surface area contributed by atoms with Crippen molar-refractivity contribution in [3.63, 3.8) is 0 Å². The Morgan fingerprint density at radius 1 is 1.24 bits per heavy atom. The van der Waals surface area contributed by atoms with E-state index < -0.39 is 0 Å². The van der Waals surface area contributed by atoms with Crippen LogP contribution < -0.4 is 10.5 Å². The van der Waals surface area contributed by atoms with Gasteiger partial charge in [0.05, 0.1) is 10.5 Å². The predicted molar refractivity (Wildman–Crippen MR) is 122 cm³/mol. The first-order chi connectivity index (χ1) is 13.9. The molecule has 0 aromatic carbocycles. The number of carbonyl (C=O) groups excluding carboxylic acids is 1. The number of fused-ring (bicyclic) bond motifs is 1. The van der Waals surface area contributed by atoms with Crippen molar-refractivity contribution in [3.8, 4) is 0 Å². The second-order valence-electron chi connectivity index (χ2n) is 7.86. The maximum absolute atomic E-state index is 13.4. The number of likely N-dealkylation sites (N-methyl/N-ethyl adjacent to an activating group) is 1. The number of rotatable bonds is 3. The zero-order valence-electron chi connectivity index (χ0n) is 16.8. The van der Waals surface area contributed by atoms with Crippen molar-refractivity contribution in [2.45, 2.75) is 27.2 Å². The molecule has 0 saturated carbocycles. The van der Waals surface area contributed by atoms with Gasteiger partial charge in [-0.3, -0.25) is 18.9 Å². The molecule has 1 amide bonds. The standard InChI is InChI=1S/C21H24N4O2S2/c1-4-24-20(27)16(29-21(24)28)10-15-18(23-11-13(2)9-14(3)12-23)22-17-7-5-6-8-25(17)19(15)26/h5-8,10,13-14H,4,9,11-12H2,1-3H3/b16-10+/t13-,14-/m0/s1. The number of carbonyl (C=O) groups is 1. The summed E-state index contributed by atoms with van der Waals surface area (Å²) in [7, 11) is 0. The smallest absolute Gasteiger partial charge is 0.267 e. The van der Waals surface area contributed by atoms with Gasteiger partial charge in [-0.15, -0.1) is 0 Å². The largest absolute Gasteiger partial charge is 0.355 e. The molecular formula is C21H24N4O2S2. The molecule has 2 aliphatic rings. The first-order valence-electron chi connectivity index (χ1n) is 9.90. The third kappa shape index (κ3) is 3.71. The molecule has 2 fully saturated rings. The van der Waals surface area contributed by atoms with Crippen molar-refractivity contribution in [1.29, 1.82) is 0 Å². The second-order valence-corrected chi connectivity index (χ2v) is 9.54. The molecule has 4 heterocycles. The van der Waals surface area contributed by atoms with E-state index >= 15 is 0 Å². The number of anilines is 1. The highest BCUT2D eigenvalue weighted by atomic mass is 32.2. The Labute approximate surface area is 179 Å². The van der Waals surface area contributed by atoms with Crippen LogP contribution in [0.5, 0.6) is 0 Å². The number of pyridine rings is 1. The molecule has 2 aliphatic heterocycles. The molecule has 0 radical (unpaired) electrons. The highest BCUT2D eigenvalue weighted by Gasteiger charge is 2.32. The molecular weight excluding hydrogens is 404 g/mol. The number of hydrogen-bond acceptors (Lipinski definition) is 6.